The van der Waals surface area contributed by atoms with E-state index >= 15 is 0 Å². The highest BCUT2D eigenvalue weighted by atomic mass is 35.5. The number of carbonyl (C=O) groups excluding carboxylic acids is 1. The van der Waals surface area contributed by atoms with Crippen molar-refractivity contribution in [2.45, 2.75) is 25.5 Å². The molecule has 2 atom stereocenters. The number of anilines is 1. The van der Waals surface area contributed by atoms with Crippen molar-refractivity contribution in [3.63, 3.8) is 0 Å². The lowest BCUT2D eigenvalue weighted by atomic mass is 10.2. The fraction of sp³-hybridized carbons (Fsp3) is 0.429. The van der Waals surface area contributed by atoms with E-state index in [1.54, 1.807) is 24.3 Å². The summed E-state index contributed by atoms with van der Waals surface area (Å²) in [5, 5.41) is 12.5. The van der Waals surface area contributed by atoms with Crippen LogP contribution in [0.25, 0.3) is 0 Å². The smallest absolute Gasteiger partial charge is 0.326 e. The number of nitrogens with one attached hydrogen (secondary N) is 1. The molecule has 114 valence electrons. The number of carbonyl (C=O) groups is 2. The number of hydrogen-bond donors (Lipinski definition) is 2. The number of ether oxygens (including phenoxy) is 1. The zero-order chi connectivity index (χ0) is 15.4. The molecule has 2 amide bonds. The van der Waals surface area contributed by atoms with Gasteiger partial charge in [-0.15, -0.1) is 0 Å². The molecule has 0 spiro atoms. The number of nitrogens with zero attached hydrogens (tertiary/aromatic N) is 1. The fourth-order valence-corrected chi connectivity index (χ4v) is 2.47. The molecular formula is C14H17ClN2O4. The molecular weight excluding hydrogens is 296 g/mol. The summed E-state index contributed by atoms with van der Waals surface area (Å²) in [5.41, 5.74) is 0.563. The van der Waals surface area contributed by atoms with Crippen LogP contribution in [0.3, 0.4) is 0 Å². The number of carboxylic acids is 1. The first kappa shape index (κ1) is 15.6. The van der Waals surface area contributed by atoms with Crippen LogP contribution in [0.1, 0.15) is 13.3 Å². The van der Waals surface area contributed by atoms with Gasteiger partial charge in [0.1, 0.15) is 6.04 Å². The number of amides is 2. The van der Waals surface area contributed by atoms with Crippen molar-refractivity contribution in [3.05, 3.63) is 29.3 Å². The maximum atomic E-state index is 12.2. The summed E-state index contributed by atoms with van der Waals surface area (Å²) in [7, 11) is 0. The van der Waals surface area contributed by atoms with E-state index in [0.29, 0.717) is 23.7 Å². The average molecular weight is 313 g/mol. The summed E-state index contributed by atoms with van der Waals surface area (Å²) in [6.07, 6.45) is 0.0593. The SMILES string of the molecule is CCO[C@@H]1C[C@H](C(=O)O)N(C(=O)Nc2ccc(Cl)cc2)C1. The summed E-state index contributed by atoms with van der Waals surface area (Å²) in [6.45, 7) is 2.60. The van der Waals surface area contributed by atoms with Gasteiger partial charge in [-0.3, -0.25) is 0 Å². The quantitative estimate of drug-likeness (QED) is 0.895. The van der Waals surface area contributed by atoms with E-state index in [1.807, 2.05) is 6.92 Å². The van der Waals surface area contributed by atoms with E-state index in [0.717, 1.165) is 0 Å². The van der Waals surface area contributed by atoms with Crippen LogP contribution in [0.5, 0.6) is 0 Å². The number of likely N-dealkylation sites (tertiary alicyclic amines) is 1. The highest BCUT2D eigenvalue weighted by Crippen LogP contribution is 2.22. The molecule has 1 fully saturated rings. The second-order valence-electron chi connectivity index (χ2n) is 4.76. The third-order valence-electron chi connectivity index (χ3n) is 3.31. The molecule has 2 rings (SSSR count). The third-order valence-corrected chi connectivity index (χ3v) is 3.56. The molecule has 0 aliphatic carbocycles. The van der Waals surface area contributed by atoms with E-state index in [1.165, 1.54) is 4.90 Å². The zero-order valence-electron chi connectivity index (χ0n) is 11.6. The molecule has 1 saturated heterocycles. The Morgan fingerprint density at radius 3 is 2.67 bits per heavy atom. The number of halogens is 1. The first-order valence-electron chi connectivity index (χ1n) is 6.69. The van der Waals surface area contributed by atoms with Gasteiger partial charge in [0.15, 0.2) is 0 Å². The van der Waals surface area contributed by atoms with Crippen molar-refractivity contribution < 1.29 is 19.4 Å². The van der Waals surface area contributed by atoms with Gasteiger partial charge in [-0.05, 0) is 31.2 Å². The van der Waals surface area contributed by atoms with Gasteiger partial charge in [0.2, 0.25) is 0 Å². The van der Waals surface area contributed by atoms with Crippen molar-refractivity contribution >= 4 is 29.3 Å². The molecule has 1 aromatic rings. The van der Waals surface area contributed by atoms with Crippen LogP contribution < -0.4 is 5.32 Å². The van der Waals surface area contributed by atoms with Gasteiger partial charge in [-0.1, -0.05) is 11.6 Å². The van der Waals surface area contributed by atoms with Gasteiger partial charge < -0.3 is 20.1 Å². The van der Waals surface area contributed by atoms with Crippen LogP contribution in [-0.4, -0.2) is 47.3 Å². The second-order valence-corrected chi connectivity index (χ2v) is 5.19. The Bertz CT molecular complexity index is 520. The standard InChI is InChI=1S/C14H17ClN2O4/c1-2-21-11-7-12(13(18)19)17(8-11)14(20)16-10-5-3-9(15)4-6-10/h3-6,11-12H,2,7-8H2,1H3,(H,16,20)(H,18,19)/t11-,12-/m1/s1. The average Bonchev–Trinajstić information content (AvgIpc) is 2.86. The van der Waals surface area contributed by atoms with Gasteiger partial charge in [-0.25, -0.2) is 9.59 Å². The Morgan fingerprint density at radius 2 is 2.10 bits per heavy atom. The van der Waals surface area contributed by atoms with Crippen molar-refractivity contribution in [2.24, 2.45) is 0 Å². The molecule has 6 nitrogen and oxygen atoms in total. The van der Waals surface area contributed by atoms with Crippen LogP contribution >= 0.6 is 11.6 Å². The molecule has 1 aliphatic rings. The summed E-state index contributed by atoms with van der Waals surface area (Å²) in [6, 6.07) is 5.30. The predicted molar refractivity (Wildman–Crippen MR) is 78.6 cm³/mol. The number of urea groups is 1. The van der Waals surface area contributed by atoms with Crippen LogP contribution in [0, 0.1) is 0 Å². The Labute approximate surface area is 127 Å². The third kappa shape index (κ3) is 3.86. The molecule has 2 N–H and O–H groups in total. The summed E-state index contributed by atoms with van der Waals surface area (Å²) < 4.78 is 5.43. The van der Waals surface area contributed by atoms with Gasteiger partial charge >= 0.3 is 12.0 Å². The molecule has 0 aromatic heterocycles. The maximum Gasteiger partial charge on any atom is 0.326 e. The Kier molecular flexibility index (Phi) is 5.03. The number of benzene rings is 1. The molecule has 1 aliphatic heterocycles. The fourth-order valence-electron chi connectivity index (χ4n) is 2.34. The first-order valence-corrected chi connectivity index (χ1v) is 7.06. The Balaban J connectivity index is 2.05. The molecule has 7 heteroatoms. The lowest BCUT2D eigenvalue weighted by Gasteiger charge is -2.21. The number of aliphatic carboxylic acids is 1. The van der Waals surface area contributed by atoms with Crippen LogP contribution in [0.15, 0.2) is 24.3 Å². The molecule has 0 unspecified atom stereocenters. The zero-order valence-corrected chi connectivity index (χ0v) is 12.3. The van der Waals surface area contributed by atoms with Crippen LogP contribution in [0.2, 0.25) is 5.02 Å². The van der Waals surface area contributed by atoms with Crippen molar-refractivity contribution in [3.8, 4) is 0 Å². The minimum atomic E-state index is -1.02. The minimum Gasteiger partial charge on any atom is -0.480 e. The van der Waals surface area contributed by atoms with Gasteiger partial charge in [0.25, 0.3) is 0 Å². The van der Waals surface area contributed by atoms with Crippen LogP contribution in [0.4, 0.5) is 10.5 Å². The molecule has 21 heavy (non-hydrogen) atoms. The topological polar surface area (TPSA) is 78.9 Å². The van der Waals surface area contributed by atoms with Crippen LogP contribution in [-0.2, 0) is 9.53 Å². The Hall–Kier alpha value is -1.79. The van der Waals surface area contributed by atoms with Gasteiger partial charge in [-0.2, -0.15) is 0 Å². The number of carboxylic acid groups (broad SMARTS) is 1. The molecule has 0 saturated carbocycles. The van der Waals surface area contributed by atoms with Crippen molar-refractivity contribution in [1.82, 2.24) is 4.90 Å². The van der Waals surface area contributed by atoms with Crippen molar-refractivity contribution in [1.29, 1.82) is 0 Å². The second kappa shape index (κ2) is 6.78. The molecule has 1 aromatic carbocycles. The summed E-state index contributed by atoms with van der Waals surface area (Å²) in [4.78, 5) is 24.8. The largest absolute Gasteiger partial charge is 0.480 e. The number of rotatable bonds is 4. The van der Waals surface area contributed by atoms with Gasteiger partial charge in [0, 0.05) is 30.3 Å². The van der Waals surface area contributed by atoms with E-state index in [2.05, 4.69) is 5.32 Å². The van der Waals surface area contributed by atoms with E-state index in [-0.39, 0.29) is 12.6 Å². The van der Waals surface area contributed by atoms with Crippen molar-refractivity contribution in [2.75, 3.05) is 18.5 Å². The minimum absolute atomic E-state index is 0.243. The Morgan fingerprint density at radius 1 is 1.43 bits per heavy atom. The summed E-state index contributed by atoms with van der Waals surface area (Å²) in [5.74, 6) is -1.02. The van der Waals surface area contributed by atoms with E-state index < -0.39 is 18.0 Å². The van der Waals surface area contributed by atoms with Gasteiger partial charge in [0.05, 0.1) is 6.10 Å². The highest BCUT2D eigenvalue weighted by Gasteiger charge is 2.40. The highest BCUT2D eigenvalue weighted by molar-refractivity contribution is 6.30. The lowest BCUT2D eigenvalue weighted by molar-refractivity contribution is -0.141. The van der Waals surface area contributed by atoms with E-state index in [4.69, 9.17) is 16.3 Å². The molecule has 0 radical (unpaired) electrons. The molecule has 1 heterocycles. The first-order chi connectivity index (χ1) is 10.0. The summed E-state index contributed by atoms with van der Waals surface area (Å²) >= 11 is 5.78. The maximum absolute atomic E-state index is 12.2. The lowest BCUT2D eigenvalue weighted by Crippen LogP contribution is -2.43. The molecule has 0 bridgehead atoms. The predicted octanol–water partition coefficient (Wildman–Crippen LogP) is 2.44. The monoisotopic (exact) mass is 312 g/mol. The normalized spacial score (nSPS) is 21.3. The van der Waals surface area contributed by atoms with E-state index in [9.17, 15) is 14.7 Å². The number of hydrogen-bond acceptors (Lipinski definition) is 3.